The molecule has 0 aliphatic heterocycles. The Morgan fingerprint density at radius 3 is 2.43 bits per heavy atom. The number of nitrogen functional groups attached to an aromatic ring is 1. The van der Waals surface area contributed by atoms with Gasteiger partial charge in [0.2, 0.25) is 0 Å². The lowest BCUT2D eigenvalue weighted by Crippen LogP contribution is -2.17. The molecule has 0 radical (unpaired) electrons. The van der Waals surface area contributed by atoms with Crippen LogP contribution in [0.4, 0.5) is 17.1 Å². The van der Waals surface area contributed by atoms with Crippen molar-refractivity contribution in [1.29, 1.82) is 0 Å². The van der Waals surface area contributed by atoms with Crippen LogP contribution in [0.25, 0.3) is 0 Å². The molecule has 0 aromatic heterocycles. The van der Waals surface area contributed by atoms with Crippen molar-refractivity contribution in [3.05, 3.63) is 42.5 Å². The average molecular weight is 307 g/mol. The Morgan fingerprint density at radius 2 is 1.81 bits per heavy atom. The summed E-state index contributed by atoms with van der Waals surface area (Å²) < 4.78 is 27.3. The zero-order chi connectivity index (χ0) is 15.6. The Bertz CT molecular complexity index is 758. The van der Waals surface area contributed by atoms with E-state index in [4.69, 9.17) is 5.73 Å². The van der Waals surface area contributed by atoms with E-state index in [0.717, 1.165) is 5.69 Å². The van der Waals surface area contributed by atoms with Crippen LogP contribution in [0.2, 0.25) is 0 Å². The van der Waals surface area contributed by atoms with Gasteiger partial charge in [0.25, 0.3) is 10.0 Å². The van der Waals surface area contributed by atoms with Gasteiger partial charge in [-0.1, -0.05) is 12.1 Å². The largest absolute Gasteiger partial charge is 0.506 e. The van der Waals surface area contributed by atoms with Gasteiger partial charge in [0.05, 0.1) is 22.0 Å². The predicted octanol–water partition coefficient (Wildman–Crippen LogP) is 1.84. The van der Waals surface area contributed by atoms with Crippen LogP contribution >= 0.6 is 0 Å². The Morgan fingerprint density at radius 1 is 1.14 bits per heavy atom. The maximum Gasteiger partial charge on any atom is 0.262 e. The van der Waals surface area contributed by atoms with Gasteiger partial charge in [-0.25, -0.2) is 8.42 Å². The normalized spacial score (nSPS) is 11.1. The lowest BCUT2D eigenvalue weighted by molar-refractivity contribution is 0.477. The van der Waals surface area contributed by atoms with Gasteiger partial charge in [0.1, 0.15) is 5.75 Å². The first kappa shape index (κ1) is 15.0. The van der Waals surface area contributed by atoms with Gasteiger partial charge >= 0.3 is 0 Å². The Hall–Kier alpha value is -2.41. The van der Waals surface area contributed by atoms with Gasteiger partial charge in [0.15, 0.2) is 0 Å². The fourth-order valence-corrected chi connectivity index (χ4v) is 2.96. The van der Waals surface area contributed by atoms with E-state index in [0.29, 0.717) is 5.69 Å². The topological polar surface area (TPSA) is 95.7 Å². The summed E-state index contributed by atoms with van der Waals surface area (Å²) in [6, 6.07) is 10.8. The number of benzene rings is 2. The number of nitrogens with zero attached hydrogens (tertiary/aromatic N) is 1. The number of phenolic OH excluding ortho intramolecular Hbond substituents is 1. The molecule has 2 aromatic rings. The molecule has 0 aliphatic rings. The second kappa shape index (κ2) is 5.53. The van der Waals surface area contributed by atoms with Crippen LogP contribution < -0.4 is 15.4 Å². The summed E-state index contributed by atoms with van der Waals surface area (Å²) in [5.41, 5.74) is 6.76. The maximum atomic E-state index is 12.4. The minimum atomic E-state index is -3.78. The summed E-state index contributed by atoms with van der Waals surface area (Å²) in [4.78, 5) is 1.80. The van der Waals surface area contributed by atoms with Gasteiger partial charge in [-0.3, -0.25) is 4.72 Å². The van der Waals surface area contributed by atoms with Crippen molar-refractivity contribution in [2.45, 2.75) is 4.90 Å². The highest BCUT2D eigenvalue weighted by atomic mass is 32.2. The van der Waals surface area contributed by atoms with Crippen molar-refractivity contribution < 1.29 is 13.5 Å². The highest BCUT2D eigenvalue weighted by Gasteiger charge is 2.17. The number of nitrogens with one attached hydrogen (secondary N) is 1. The zero-order valence-corrected chi connectivity index (χ0v) is 12.6. The standard InChI is InChI=1S/C14H17N3O3S/c1-17(2)13-6-4-3-5-12(13)16-21(19,20)10-7-8-14(18)11(15)9-10/h3-9,16,18H,15H2,1-2H3. The number of nitrogens with two attached hydrogens (primary N) is 1. The number of rotatable bonds is 4. The van der Waals surface area contributed by atoms with E-state index in [1.807, 2.05) is 31.1 Å². The Labute approximate surface area is 123 Å². The van der Waals surface area contributed by atoms with Crippen molar-refractivity contribution in [3.63, 3.8) is 0 Å². The summed E-state index contributed by atoms with van der Waals surface area (Å²) >= 11 is 0. The fraction of sp³-hybridized carbons (Fsp3) is 0.143. The number of anilines is 3. The average Bonchev–Trinajstić information content (AvgIpc) is 2.41. The van der Waals surface area contributed by atoms with E-state index < -0.39 is 10.0 Å². The minimum Gasteiger partial charge on any atom is -0.506 e. The summed E-state index contributed by atoms with van der Waals surface area (Å²) in [6.45, 7) is 0. The summed E-state index contributed by atoms with van der Waals surface area (Å²) in [5, 5.41) is 9.37. The van der Waals surface area contributed by atoms with Crippen LogP contribution in [0.1, 0.15) is 0 Å². The van der Waals surface area contributed by atoms with Gasteiger partial charge in [0, 0.05) is 14.1 Å². The number of aromatic hydroxyl groups is 1. The summed E-state index contributed by atoms with van der Waals surface area (Å²) in [6.07, 6.45) is 0. The third kappa shape index (κ3) is 3.19. The van der Waals surface area contributed by atoms with Crippen LogP contribution in [0.3, 0.4) is 0 Å². The molecular weight excluding hydrogens is 290 g/mol. The number of sulfonamides is 1. The molecule has 2 aromatic carbocycles. The highest BCUT2D eigenvalue weighted by molar-refractivity contribution is 7.92. The molecular formula is C14H17N3O3S. The molecule has 0 spiro atoms. The van der Waals surface area contributed by atoms with Crippen LogP contribution in [0.15, 0.2) is 47.4 Å². The lowest BCUT2D eigenvalue weighted by atomic mass is 10.2. The smallest absolute Gasteiger partial charge is 0.262 e. The molecule has 4 N–H and O–H groups in total. The second-order valence-corrected chi connectivity index (χ2v) is 6.42. The SMILES string of the molecule is CN(C)c1ccccc1NS(=O)(=O)c1ccc(O)c(N)c1. The third-order valence-electron chi connectivity index (χ3n) is 2.94. The summed E-state index contributed by atoms with van der Waals surface area (Å²) in [5.74, 6) is -0.150. The first-order valence-electron chi connectivity index (χ1n) is 6.19. The molecule has 2 rings (SSSR count). The van der Waals surface area contributed by atoms with Crippen molar-refractivity contribution >= 4 is 27.1 Å². The highest BCUT2D eigenvalue weighted by Crippen LogP contribution is 2.28. The van der Waals surface area contributed by atoms with Crippen molar-refractivity contribution in [1.82, 2.24) is 0 Å². The first-order valence-corrected chi connectivity index (χ1v) is 7.67. The first-order chi connectivity index (χ1) is 9.81. The quantitative estimate of drug-likeness (QED) is 0.592. The second-order valence-electron chi connectivity index (χ2n) is 4.74. The Balaban J connectivity index is 2.40. The fourth-order valence-electron chi connectivity index (χ4n) is 1.85. The molecule has 7 heteroatoms. The number of hydrogen-bond acceptors (Lipinski definition) is 5. The van der Waals surface area contributed by atoms with Crippen LogP contribution in [0.5, 0.6) is 5.75 Å². The van der Waals surface area contributed by atoms with E-state index in [1.165, 1.54) is 18.2 Å². The molecule has 0 amide bonds. The van der Waals surface area contributed by atoms with Gasteiger partial charge in [-0.15, -0.1) is 0 Å². The predicted molar refractivity (Wildman–Crippen MR) is 84.1 cm³/mol. The molecule has 0 bridgehead atoms. The van der Waals surface area contributed by atoms with E-state index in [-0.39, 0.29) is 16.3 Å². The molecule has 0 fully saturated rings. The zero-order valence-electron chi connectivity index (χ0n) is 11.7. The van der Waals surface area contributed by atoms with Crippen molar-refractivity contribution in [2.75, 3.05) is 29.5 Å². The monoisotopic (exact) mass is 307 g/mol. The van der Waals surface area contributed by atoms with Crippen molar-refractivity contribution in [3.8, 4) is 5.75 Å². The van der Waals surface area contributed by atoms with Crippen LogP contribution in [-0.2, 0) is 10.0 Å². The van der Waals surface area contributed by atoms with E-state index in [9.17, 15) is 13.5 Å². The Kier molecular flexibility index (Phi) is 3.95. The molecule has 0 unspecified atom stereocenters. The van der Waals surface area contributed by atoms with Gasteiger partial charge < -0.3 is 15.7 Å². The molecule has 112 valence electrons. The maximum absolute atomic E-state index is 12.4. The van der Waals surface area contributed by atoms with Gasteiger partial charge in [-0.05, 0) is 30.3 Å². The van der Waals surface area contributed by atoms with E-state index >= 15 is 0 Å². The molecule has 0 atom stereocenters. The molecule has 21 heavy (non-hydrogen) atoms. The van der Waals surface area contributed by atoms with Crippen LogP contribution in [-0.4, -0.2) is 27.6 Å². The van der Waals surface area contributed by atoms with Crippen molar-refractivity contribution in [2.24, 2.45) is 0 Å². The summed E-state index contributed by atoms with van der Waals surface area (Å²) in [7, 11) is -0.126. The van der Waals surface area contributed by atoms with E-state index in [2.05, 4.69) is 4.72 Å². The minimum absolute atomic E-state index is 0.00800. The van der Waals surface area contributed by atoms with E-state index in [1.54, 1.807) is 12.1 Å². The third-order valence-corrected chi connectivity index (χ3v) is 4.30. The molecule has 0 saturated heterocycles. The number of phenols is 1. The van der Waals surface area contributed by atoms with Crippen LogP contribution in [0, 0.1) is 0 Å². The molecule has 0 aliphatic carbocycles. The van der Waals surface area contributed by atoms with Gasteiger partial charge in [-0.2, -0.15) is 0 Å². The number of hydrogen-bond donors (Lipinski definition) is 3. The molecule has 0 heterocycles. The molecule has 6 nitrogen and oxygen atoms in total. The molecule has 0 saturated carbocycles. The lowest BCUT2D eigenvalue weighted by Gasteiger charge is -2.18. The number of para-hydroxylation sites is 2.